The number of fused-ring (bicyclic) bond motifs is 2. The molecule has 29 heavy (non-hydrogen) atoms. The summed E-state index contributed by atoms with van der Waals surface area (Å²) in [6.07, 6.45) is 2.47. The lowest BCUT2D eigenvalue weighted by Gasteiger charge is -2.42. The van der Waals surface area contributed by atoms with Gasteiger partial charge in [0.1, 0.15) is 5.75 Å². The Bertz CT molecular complexity index is 826. The molecule has 0 bridgehead atoms. The molecule has 2 aliphatic heterocycles. The number of carboxylic acids is 1. The van der Waals surface area contributed by atoms with Crippen LogP contribution in [0.3, 0.4) is 0 Å². The second kappa shape index (κ2) is 10.1. The summed E-state index contributed by atoms with van der Waals surface area (Å²) in [5.74, 6) is 0.0512. The molecule has 158 valence electrons. The smallest absolute Gasteiger partial charge is 0.310 e. The van der Waals surface area contributed by atoms with E-state index in [0.717, 1.165) is 47.8 Å². The highest BCUT2D eigenvalue weighted by atomic mass is 16.5. The lowest BCUT2D eigenvalue weighted by Crippen LogP contribution is -2.55. The van der Waals surface area contributed by atoms with Crippen molar-refractivity contribution in [1.82, 2.24) is 10.2 Å². The molecule has 3 atom stereocenters. The van der Waals surface area contributed by atoms with E-state index in [9.17, 15) is 4.79 Å². The molecule has 2 heterocycles. The van der Waals surface area contributed by atoms with Crippen LogP contribution in [0.15, 0.2) is 36.4 Å². The molecule has 2 aromatic carbocycles. The fraction of sp³-hybridized carbons (Fsp3) is 0.522. The monoisotopic (exact) mass is 400 g/mol. The zero-order valence-corrected chi connectivity index (χ0v) is 17.3. The Morgan fingerprint density at radius 3 is 2.72 bits per heavy atom. The third kappa shape index (κ3) is 5.47. The van der Waals surface area contributed by atoms with Gasteiger partial charge in [-0.3, -0.25) is 9.69 Å². The average Bonchev–Trinajstić information content (AvgIpc) is 2.77. The van der Waals surface area contributed by atoms with Crippen LogP contribution in [0.1, 0.15) is 31.2 Å². The fourth-order valence-corrected chi connectivity index (χ4v) is 4.11. The zero-order chi connectivity index (χ0) is 20.8. The van der Waals surface area contributed by atoms with Gasteiger partial charge < -0.3 is 20.3 Å². The van der Waals surface area contributed by atoms with Crippen molar-refractivity contribution in [3.05, 3.63) is 42.0 Å². The van der Waals surface area contributed by atoms with Gasteiger partial charge in [0.05, 0.1) is 13.0 Å². The second-order valence-corrected chi connectivity index (χ2v) is 8.01. The number of hydrogen-bond acceptors (Lipinski definition) is 5. The van der Waals surface area contributed by atoms with Crippen LogP contribution in [0.4, 0.5) is 0 Å². The van der Waals surface area contributed by atoms with Crippen molar-refractivity contribution >= 4 is 16.7 Å². The fourth-order valence-electron chi connectivity index (χ4n) is 4.11. The van der Waals surface area contributed by atoms with E-state index in [1.54, 1.807) is 14.0 Å². The Morgan fingerprint density at radius 2 is 2.00 bits per heavy atom. The van der Waals surface area contributed by atoms with Crippen LogP contribution in [-0.4, -0.2) is 67.0 Å². The number of rotatable bonds is 4. The molecule has 4 rings (SSSR count). The lowest BCUT2D eigenvalue weighted by atomic mass is 9.92. The number of aliphatic hydroxyl groups excluding tert-OH is 1. The van der Waals surface area contributed by atoms with Crippen molar-refractivity contribution < 1.29 is 19.7 Å². The number of piperazine rings is 1. The third-order valence-corrected chi connectivity index (χ3v) is 6.07. The molecule has 1 unspecified atom stereocenters. The molecule has 0 aliphatic carbocycles. The molecular weight excluding hydrogens is 368 g/mol. The van der Waals surface area contributed by atoms with Crippen molar-refractivity contribution in [2.45, 2.75) is 31.7 Å². The molecular formula is C23H32N2O4. The maximum atomic E-state index is 10.9. The van der Waals surface area contributed by atoms with Gasteiger partial charge in [0.25, 0.3) is 0 Å². The molecule has 2 saturated heterocycles. The molecule has 0 radical (unpaired) electrons. The van der Waals surface area contributed by atoms with E-state index in [0.29, 0.717) is 12.5 Å². The van der Waals surface area contributed by atoms with Gasteiger partial charge in [-0.15, -0.1) is 0 Å². The number of ether oxygens (including phenoxy) is 1. The Kier molecular flexibility index (Phi) is 7.47. The van der Waals surface area contributed by atoms with E-state index < -0.39 is 11.9 Å². The quantitative estimate of drug-likeness (QED) is 0.732. The van der Waals surface area contributed by atoms with Crippen molar-refractivity contribution in [1.29, 1.82) is 0 Å². The normalized spacial score (nSPS) is 22.9. The summed E-state index contributed by atoms with van der Waals surface area (Å²) in [4.78, 5) is 13.4. The first kappa shape index (κ1) is 21.6. The van der Waals surface area contributed by atoms with Crippen LogP contribution in [0.2, 0.25) is 0 Å². The number of carboxylic acid groups (broad SMARTS) is 1. The Labute approximate surface area is 172 Å². The first-order valence-corrected chi connectivity index (χ1v) is 10.4. The zero-order valence-electron chi connectivity index (χ0n) is 17.3. The molecule has 0 aromatic heterocycles. The van der Waals surface area contributed by atoms with Gasteiger partial charge >= 0.3 is 5.97 Å². The number of hydrogen-bond donors (Lipinski definition) is 3. The lowest BCUT2D eigenvalue weighted by molar-refractivity contribution is -0.138. The largest absolute Gasteiger partial charge is 0.497 e. The highest BCUT2D eigenvalue weighted by Crippen LogP contribution is 2.25. The summed E-state index contributed by atoms with van der Waals surface area (Å²) in [6, 6.07) is 12.2. The maximum absolute atomic E-state index is 10.9. The van der Waals surface area contributed by atoms with Crippen LogP contribution in [0.5, 0.6) is 5.75 Å². The van der Waals surface area contributed by atoms with E-state index in [-0.39, 0.29) is 0 Å². The highest BCUT2D eigenvalue weighted by molar-refractivity contribution is 5.86. The van der Waals surface area contributed by atoms with Gasteiger partial charge in [-0.25, -0.2) is 0 Å². The molecule has 0 saturated carbocycles. The van der Waals surface area contributed by atoms with Gasteiger partial charge in [0.2, 0.25) is 0 Å². The first-order chi connectivity index (χ1) is 14.0. The molecule has 0 spiro atoms. The van der Waals surface area contributed by atoms with Crippen LogP contribution >= 0.6 is 0 Å². The van der Waals surface area contributed by atoms with E-state index in [1.807, 2.05) is 36.4 Å². The molecule has 2 fully saturated rings. The second-order valence-electron chi connectivity index (χ2n) is 8.01. The van der Waals surface area contributed by atoms with E-state index >= 15 is 0 Å². The standard InChI is InChI=1S/C14H14O3.C9H18N2O/c1-9(14(15)16)10-3-4-12-8-13(17-2)6-5-11(12)7-10;12-7-8-1-2-9-5-10-3-4-11(9)6-8/h3-9H,1-2H3,(H,15,16);8-10,12H,1-7H2/t;8-,9-/m.1/s1. The molecule has 3 N–H and O–H groups in total. The number of methoxy groups -OCH3 is 1. The summed E-state index contributed by atoms with van der Waals surface area (Å²) >= 11 is 0. The van der Waals surface area contributed by atoms with E-state index in [2.05, 4.69) is 10.2 Å². The summed E-state index contributed by atoms with van der Waals surface area (Å²) < 4.78 is 5.14. The minimum atomic E-state index is -0.808. The molecule has 6 nitrogen and oxygen atoms in total. The summed E-state index contributed by atoms with van der Waals surface area (Å²) in [7, 11) is 1.63. The Balaban J connectivity index is 0.000000176. The molecule has 2 aromatic rings. The summed E-state index contributed by atoms with van der Waals surface area (Å²) in [6.45, 7) is 6.61. The van der Waals surface area contributed by atoms with Gasteiger partial charge in [-0.05, 0) is 54.2 Å². The van der Waals surface area contributed by atoms with Crippen molar-refractivity contribution in [3.8, 4) is 5.75 Å². The van der Waals surface area contributed by atoms with Crippen molar-refractivity contribution in [2.24, 2.45) is 5.92 Å². The number of nitrogens with one attached hydrogen (secondary N) is 1. The van der Waals surface area contributed by atoms with Gasteiger partial charge in [-0.2, -0.15) is 0 Å². The van der Waals surface area contributed by atoms with Crippen LogP contribution in [-0.2, 0) is 4.79 Å². The van der Waals surface area contributed by atoms with E-state index in [4.69, 9.17) is 14.9 Å². The maximum Gasteiger partial charge on any atom is 0.310 e. The van der Waals surface area contributed by atoms with Crippen molar-refractivity contribution in [3.63, 3.8) is 0 Å². The van der Waals surface area contributed by atoms with Gasteiger partial charge in [-0.1, -0.05) is 24.3 Å². The van der Waals surface area contributed by atoms with Crippen LogP contribution in [0.25, 0.3) is 10.8 Å². The average molecular weight is 401 g/mol. The van der Waals surface area contributed by atoms with Crippen LogP contribution in [0, 0.1) is 5.92 Å². The SMILES string of the molecule is COc1ccc2cc(C(C)C(=O)O)ccc2c1.OC[C@@H]1CC[C@@H]2CNCCN2C1. The Hall–Kier alpha value is -2.15. The highest BCUT2D eigenvalue weighted by Gasteiger charge is 2.29. The topological polar surface area (TPSA) is 82.0 Å². The number of benzene rings is 2. The summed E-state index contributed by atoms with van der Waals surface area (Å²) in [5, 5.41) is 23.5. The number of carbonyl (C=O) groups is 1. The number of aliphatic carboxylic acids is 1. The number of aliphatic hydroxyl groups is 1. The minimum Gasteiger partial charge on any atom is -0.497 e. The number of nitrogens with zero attached hydrogens (tertiary/aromatic N) is 1. The van der Waals surface area contributed by atoms with E-state index in [1.165, 1.54) is 19.4 Å². The van der Waals surface area contributed by atoms with Gasteiger partial charge in [0.15, 0.2) is 0 Å². The third-order valence-electron chi connectivity index (χ3n) is 6.07. The van der Waals surface area contributed by atoms with Crippen LogP contribution < -0.4 is 10.1 Å². The summed E-state index contributed by atoms with van der Waals surface area (Å²) in [5.41, 5.74) is 0.815. The predicted octanol–water partition coefficient (Wildman–Crippen LogP) is 2.70. The Morgan fingerprint density at radius 1 is 1.24 bits per heavy atom. The molecule has 2 aliphatic rings. The minimum absolute atomic E-state index is 0.372. The molecule has 6 heteroatoms. The van der Waals surface area contributed by atoms with Crippen molar-refractivity contribution in [2.75, 3.05) is 39.9 Å². The molecule has 0 amide bonds. The first-order valence-electron chi connectivity index (χ1n) is 10.4. The number of piperidine rings is 1. The predicted molar refractivity (Wildman–Crippen MR) is 115 cm³/mol. The van der Waals surface area contributed by atoms with Gasteiger partial charge in [0, 0.05) is 38.8 Å².